The monoisotopic (exact) mass is 349 g/mol. The normalized spacial score (nSPS) is 24.3. The van der Waals surface area contributed by atoms with E-state index in [-0.39, 0.29) is 12.7 Å². The molecule has 2 N–H and O–H groups in total. The highest BCUT2D eigenvalue weighted by atomic mass is 16.5. The Morgan fingerprint density at radius 3 is 2.92 bits per heavy atom. The van der Waals surface area contributed by atoms with Crippen molar-refractivity contribution in [1.29, 1.82) is 0 Å². The van der Waals surface area contributed by atoms with Gasteiger partial charge in [-0.15, -0.1) is 0 Å². The molecule has 0 radical (unpaired) electrons. The predicted molar refractivity (Wildman–Crippen MR) is 102 cm³/mol. The van der Waals surface area contributed by atoms with Gasteiger partial charge in [-0.2, -0.15) is 0 Å². The molecule has 0 spiro atoms. The summed E-state index contributed by atoms with van der Waals surface area (Å²) < 4.78 is 12.2. The fraction of sp³-hybridized carbons (Fsp3) is 0.364. The Morgan fingerprint density at radius 2 is 2.04 bits per heavy atom. The highest BCUT2D eigenvalue weighted by Gasteiger charge is 2.40. The molecule has 1 unspecified atom stereocenters. The zero-order valence-electron chi connectivity index (χ0n) is 14.7. The average molecular weight is 349 g/mol. The van der Waals surface area contributed by atoms with Crippen molar-refractivity contribution < 1.29 is 14.3 Å². The lowest BCUT2D eigenvalue weighted by Crippen LogP contribution is -2.36. The molecule has 0 saturated carbocycles. The van der Waals surface area contributed by atoms with Crippen LogP contribution in [0.15, 0.2) is 52.9 Å². The molecule has 26 heavy (non-hydrogen) atoms. The van der Waals surface area contributed by atoms with Crippen LogP contribution in [0.25, 0.3) is 22.3 Å². The molecule has 2 aliphatic rings. The molecule has 0 aliphatic carbocycles. The quantitative estimate of drug-likeness (QED) is 0.714. The molecule has 134 valence electrons. The Balaban J connectivity index is 1.52. The Hall–Kier alpha value is -2.30. The van der Waals surface area contributed by atoms with Crippen molar-refractivity contribution in [3.8, 4) is 11.3 Å². The lowest BCUT2D eigenvalue weighted by Gasteiger charge is -2.36. The van der Waals surface area contributed by atoms with Gasteiger partial charge in [0, 0.05) is 47.4 Å². The number of aliphatic hydroxyl groups excluding tert-OH is 1. The molecule has 1 fully saturated rings. The van der Waals surface area contributed by atoms with Crippen LogP contribution in [0.5, 0.6) is 0 Å². The second-order valence-electron chi connectivity index (χ2n) is 7.31. The van der Waals surface area contributed by atoms with Crippen LogP contribution in [0, 0.1) is 5.92 Å². The number of fused-ring (bicyclic) bond motifs is 4. The van der Waals surface area contributed by atoms with Gasteiger partial charge >= 0.3 is 0 Å². The summed E-state index contributed by atoms with van der Waals surface area (Å²) in [6.07, 6.45) is 3.01. The van der Waals surface area contributed by atoms with Gasteiger partial charge in [0.1, 0.15) is 11.3 Å². The number of anilines is 1. The molecule has 1 aromatic heterocycles. The second kappa shape index (κ2) is 6.45. The van der Waals surface area contributed by atoms with E-state index < -0.39 is 0 Å². The topological polar surface area (TPSA) is 54.6 Å². The minimum Gasteiger partial charge on any atom is -0.456 e. The first-order valence-corrected chi connectivity index (χ1v) is 9.45. The molecule has 3 atom stereocenters. The van der Waals surface area contributed by atoms with Crippen LogP contribution >= 0.6 is 0 Å². The Morgan fingerprint density at radius 1 is 1.12 bits per heavy atom. The molecule has 5 rings (SSSR count). The Bertz CT molecular complexity index is 899. The van der Waals surface area contributed by atoms with Crippen LogP contribution in [0.1, 0.15) is 30.9 Å². The molecule has 4 heteroatoms. The van der Waals surface area contributed by atoms with E-state index in [9.17, 15) is 5.11 Å². The summed E-state index contributed by atoms with van der Waals surface area (Å²) in [5, 5.41) is 14.0. The van der Waals surface area contributed by atoms with E-state index >= 15 is 0 Å². The number of hydrogen-bond acceptors (Lipinski definition) is 4. The van der Waals surface area contributed by atoms with E-state index in [1.165, 1.54) is 5.56 Å². The van der Waals surface area contributed by atoms with Crippen LogP contribution in [0.3, 0.4) is 0 Å². The number of aliphatic hydroxyl groups is 1. The summed E-state index contributed by atoms with van der Waals surface area (Å²) in [5.74, 6) is 1.37. The summed E-state index contributed by atoms with van der Waals surface area (Å²) in [6, 6.07) is 17.0. The zero-order chi connectivity index (χ0) is 17.5. The van der Waals surface area contributed by atoms with Gasteiger partial charge in [0.25, 0.3) is 0 Å². The van der Waals surface area contributed by atoms with Crippen LogP contribution < -0.4 is 5.32 Å². The van der Waals surface area contributed by atoms with E-state index in [1.54, 1.807) is 0 Å². The SMILES string of the molecule is OCCC[C@H]1Nc2ccc(-c3cc4ccccc4o3)cc2C2OCC[C@H]21. The molecule has 4 nitrogen and oxygen atoms in total. The minimum atomic E-state index is 0.138. The first-order valence-electron chi connectivity index (χ1n) is 9.45. The highest BCUT2D eigenvalue weighted by Crippen LogP contribution is 2.46. The highest BCUT2D eigenvalue weighted by molar-refractivity contribution is 5.83. The Labute approximate surface area is 152 Å². The fourth-order valence-electron chi connectivity index (χ4n) is 4.45. The fourth-order valence-corrected chi connectivity index (χ4v) is 4.45. The lowest BCUT2D eigenvalue weighted by molar-refractivity contribution is 0.0813. The largest absolute Gasteiger partial charge is 0.456 e. The van der Waals surface area contributed by atoms with Crippen LogP contribution in [0.4, 0.5) is 5.69 Å². The molecular weight excluding hydrogens is 326 g/mol. The number of nitrogens with one attached hydrogen (secondary N) is 1. The molecule has 2 aromatic carbocycles. The van der Waals surface area contributed by atoms with Gasteiger partial charge in [-0.25, -0.2) is 0 Å². The number of ether oxygens (including phenoxy) is 1. The molecule has 2 aliphatic heterocycles. The van der Waals surface area contributed by atoms with E-state index in [1.807, 2.05) is 18.2 Å². The van der Waals surface area contributed by atoms with E-state index in [4.69, 9.17) is 9.15 Å². The van der Waals surface area contributed by atoms with Crippen molar-refractivity contribution in [1.82, 2.24) is 0 Å². The van der Waals surface area contributed by atoms with Crippen LogP contribution in [-0.2, 0) is 4.74 Å². The maximum Gasteiger partial charge on any atom is 0.135 e. The van der Waals surface area contributed by atoms with Crippen LogP contribution in [0.2, 0.25) is 0 Å². The standard InChI is InChI=1S/C22H23NO3/c24-10-3-5-18-16-9-11-25-22(16)17-12-15(7-8-19(17)23-18)21-13-14-4-1-2-6-20(14)26-21/h1-2,4,6-8,12-13,16,18,22-24H,3,5,9-11H2/t16-,18+,22?/m0/s1. The first-order chi connectivity index (χ1) is 12.8. The minimum absolute atomic E-state index is 0.138. The van der Waals surface area contributed by atoms with Crippen molar-refractivity contribution in [3.63, 3.8) is 0 Å². The predicted octanol–water partition coefficient (Wildman–Crippen LogP) is 4.74. The Kier molecular flexibility index (Phi) is 3.95. The number of benzene rings is 2. The molecule has 0 bridgehead atoms. The smallest absolute Gasteiger partial charge is 0.135 e. The van der Waals surface area contributed by atoms with E-state index in [0.29, 0.717) is 12.0 Å². The molecule has 0 amide bonds. The van der Waals surface area contributed by atoms with E-state index in [0.717, 1.165) is 53.8 Å². The van der Waals surface area contributed by atoms with E-state index in [2.05, 4.69) is 35.6 Å². The third-order valence-corrected chi connectivity index (χ3v) is 5.74. The van der Waals surface area contributed by atoms with Gasteiger partial charge in [-0.1, -0.05) is 18.2 Å². The lowest BCUT2D eigenvalue weighted by atomic mass is 9.81. The van der Waals surface area contributed by atoms with Crippen molar-refractivity contribution in [2.45, 2.75) is 31.4 Å². The number of hydrogen-bond donors (Lipinski definition) is 2. The van der Waals surface area contributed by atoms with Gasteiger partial charge < -0.3 is 19.6 Å². The molecule has 3 aromatic rings. The summed E-state index contributed by atoms with van der Waals surface area (Å²) in [5.41, 5.74) is 4.38. The maximum absolute atomic E-state index is 9.19. The van der Waals surface area contributed by atoms with Crippen molar-refractivity contribution in [2.75, 3.05) is 18.5 Å². The van der Waals surface area contributed by atoms with Crippen LogP contribution in [-0.4, -0.2) is 24.4 Å². The summed E-state index contributed by atoms with van der Waals surface area (Å²) in [4.78, 5) is 0. The van der Waals surface area contributed by atoms with Gasteiger partial charge in [-0.3, -0.25) is 0 Å². The molecule has 3 heterocycles. The number of furan rings is 1. The average Bonchev–Trinajstić information content (AvgIpc) is 3.32. The molecular formula is C22H23NO3. The summed E-state index contributed by atoms with van der Waals surface area (Å²) >= 11 is 0. The number of rotatable bonds is 4. The van der Waals surface area contributed by atoms with Gasteiger partial charge in [0.15, 0.2) is 0 Å². The number of para-hydroxylation sites is 1. The van der Waals surface area contributed by atoms with Crippen molar-refractivity contribution in [3.05, 3.63) is 54.1 Å². The maximum atomic E-state index is 9.19. The summed E-state index contributed by atoms with van der Waals surface area (Å²) in [6.45, 7) is 1.05. The molecule has 1 saturated heterocycles. The zero-order valence-corrected chi connectivity index (χ0v) is 14.7. The van der Waals surface area contributed by atoms with Crippen molar-refractivity contribution >= 4 is 16.7 Å². The third kappa shape index (κ3) is 2.61. The first kappa shape index (κ1) is 15.9. The van der Waals surface area contributed by atoms with Crippen molar-refractivity contribution in [2.24, 2.45) is 5.92 Å². The van der Waals surface area contributed by atoms with Gasteiger partial charge in [0.2, 0.25) is 0 Å². The van der Waals surface area contributed by atoms with Gasteiger partial charge in [-0.05, 0) is 49.6 Å². The third-order valence-electron chi connectivity index (χ3n) is 5.74. The second-order valence-corrected chi connectivity index (χ2v) is 7.31. The summed E-state index contributed by atoms with van der Waals surface area (Å²) in [7, 11) is 0. The van der Waals surface area contributed by atoms with Gasteiger partial charge in [0.05, 0.1) is 6.10 Å².